The minimum absolute atomic E-state index is 0. The molecule has 1 rings (SSSR count). The van der Waals surface area contributed by atoms with Crippen LogP contribution in [0.25, 0.3) is 0 Å². The number of nitrogens with zero attached hydrogens (tertiary/aromatic N) is 4. The Labute approximate surface area is 187 Å². The molecule has 0 saturated heterocycles. The molecule has 0 aliphatic carbocycles. The highest BCUT2D eigenvalue weighted by molar-refractivity contribution is 14.0. The molecule has 0 bridgehead atoms. The van der Waals surface area contributed by atoms with Crippen LogP contribution in [0.5, 0.6) is 0 Å². The van der Waals surface area contributed by atoms with Crippen molar-refractivity contribution in [1.29, 1.82) is 0 Å². The number of aromatic nitrogens is 3. The largest absolute Gasteiger partial charge is 0.370 e. The van der Waals surface area contributed by atoms with Gasteiger partial charge in [0.25, 0.3) is 0 Å². The molecule has 1 aromatic rings. The van der Waals surface area contributed by atoms with Crippen molar-refractivity contribution in [1.82, 2.24) is 20.1 Å². The molecule has 0 amide bonds. The zero-order chi connectivity index (χ0) is 19.5. The zero-order valence-corrected chi connectivity index (χ0v) is 21.0. The van der Waals surface area contributed by atoms with E-state index < -0.39 is 0 Å². The molecule has 1 unspecified atom stereocenters. The molecule has 158 valence electrons. The number of aliphatic imine (C=N–C) groups is 1. The Morgan fingerprint density at radius 3 is 2.41 bits per heavy atom. The summed E-state index contributed by atoms with van der Waals surface area (Å²) in [6.45, 7) is 12.8. The summed E-state index contributed by atoms with van der Waals surface area (Å²) in [4.78, 5) is 4.46. The van der Waals surface area contributed by atoms with Crippen LogP contribution in [0.4, 0.5) is 0 Å². The maximum atomic E-state index is 6.01. The second-order valence-electron chi connectivity index (χ2n) is 7.85. The summed E-state index contributed by atoms with van der Waals surface area (Å²) in [7, 11) is 0. The highest BCUT2D eigenvalue weighted by Crippen LogP contribution is 2.16. The van der Waals surface area contributed by atoms with Crippen LogP contribution < -0.4 is 11.1 Å². The van der Waals surface area contributed by atoms with Gasteiger partial charge >= 0.3 is 0 Å². The summed E-state index contributed by atoms with van der Waals surface area (Å²) in [6, 6.07) is 0.371. The number of rotatable bonds is 12. The summed E-state index contributed by atoms with van der Waals surface area (Å²) < 4.78 is 2.23. The smallest absolute Gasteiger partial charge is 0.190 e. The first-order chi connectivity index (χ1) is 12.3. The molecule has 1 aromatic heterocycles. The molecule has 0 radical (unpaired) electrons. The summed E-state index contributed by atoms with van der Waals surface area (Å²) in [6.07, 6.45) is 7.46. The van der Waals surface area contributed by atoms with Gasteiger partial charge in [0, 0.05) is 25.6 Å². The second kappa shape index (κ2) is 14.5. The van der Waals surface area contributed by atoms with Crippen molar-refractivity contribution in [2.45, 2.75) is 84.5 Å². The molecule has 27 heavy (non-hydrogen) atoms. The average Bonchev–Trinajstić information content (AvgIpc) is 2.92. The van der Waals surface area contributed by atoms with Crippen LogP contribution in [-0.2, 0) is 13.0 Å². The first kappa shape index (κ1) is 26.5. The van der Waals surface area contributed by atoms with E-state index in [1.165, 1.54) is 12.8 Å². The molecule has 1 heterocycles. The summed E-state index contributed by atoms with van der Waals surface area (Å²) in [5, 5.41) is 12.9. The monoisotopic (exact) mass is 510 g/mol. The third-order valence-corrected chi connectivity index (χ3v) is 4.84. The molecule has 6 nitrogen and oxygen atoms in total. The van der Waals surface area contributed by atoms with Crippen LogP contribution in [0.2, 0.25) is 0 Å². The van der Waals surface area contributed by atoms with Gasteiger partial charge in [0.2, 0.25) is 0 Å². The topological polar surface area (TPSA) is 81.1 Å². The van der Waals surface area contributed by atoms with Gasteiger partial charge in [0.15, 0.2) is 11.1 Å². The number of nitrogens with two attached hydrogens (primary N) is 1. The van der Waals surface area contributed by atoms with Crippen LogP contribution in [-0.4, -0.2) is 39.6 Å². The summed E-state index contributed by atoms with van der Waals surface area (Å²) in [5.41, 5.74) is 6.01. The molecule has 0 fully saturated rings. The van der Waals surface area contributed by atoms with Crippen LogP contribution in [0, 0.1) is 11.8 Å². The van der Waals surface area contributed by atoms with E-state index in [0.29, 0.717) is 24.5 Å². The molecule has 0 aromatic carbocycles. The molecular formula is C19H39IN6S. The number of hydrogen-bond donors (Lipinski definition) is 2. The van der Waals surface area contributed by atoms with Crippen molar-refractivity contribution in [3.8, 4) is 0 Å². The van der Waals surface area contributed by atoms with Crippen molar-refractivity contribution in [2.24, 2.45) is 22.6 Å². The van der Waals surface area contributed by atoms with Crippen LogP contribution in [0.3, 0.4) is 0 Å². The third kappa shape index (κ3) is 11.2. The van der Waals surface area contributed by atoms with Crippen LogP contribution in [0.1, 0.15) is 66.1 Å². The number of guanidine groups is 1. The molecule has 8 heteroatoms. The molecule has 0 aliphatic heterocycles. The predicted octanol–water partition coefficient (Wildman–Crippen LogP) is 4.33. The Hall–Kier alpha value is -0.510. The van der Waals surface area contributed by atoms with Crippen LogP contribution in [0.15, 0.2) is 10.1 Å². The van der Waals surface area contributed by atoms with Crippen molar-refractivity contribution >= 4 is 41.7 Å². The van der Waals surface area contributed by atoms with E-state index in [1.807, 2.05) is 6.26 Å². The highest BCUT2D eigenvalue weighted by atomic mass is 127. The van der Waals surface area contributed by atoms with Crippen molar-refractivity contribution in [3.63, 3.8) is 0 Å². The Balaban J connectivity index is 0.00000676. The van der Waals surface area contributed by atoms with E-state index in [9.17, 15) is 0 Å². The maximum Gasteiger partial charge on any atom is 0.190 e. The number of aryl methyl sites for hydroxylation is 1. The van der Waals surface area contributed by atoms with Crippen molar-refractivity contribution in [3.05, 3.63) is 5.82 Å². The van der Waals surface area contributed by atoms with Gasteiger partial charge in [-0.1, -0.05) is 52.3 Å². The fraction of sp³-hybridized carbons (Fsp3) is 0.842. The van der Waals surface area contributed by atoms with Crippen LogP contribution >= 0.6 is 35.7 Å². The normalized spacial score (nSPS) is 13.1. The van der Waals surface area contributed by atoms with Gasteiger partial charge < -0.3 is 15.6 Å². The lowest BCUT2D eigenvalue weighted by Crippen LogP contribution is -2.38. The first-order valence-corrected chi connectivity index (χ1v) is 11.1. The molecule has 1 atom stereocenters. The van der Waals surface area contributed by atoms with E-state index in [-0.39, 0.29) is 24.0 Å². The van der Waals surface area contributed by atoms with Gasteiger partial charge in [-0.15, -0.1) is 34.2 Å². The van der Waals surface area contributed by atoms with Gasteiger partial charge in [0.1, 0.15) is 5.82 Å². The fourth-order valence-electron chi connectivity index (χ4n) is 2.84. The predicted molar refractivity (Wildman–Crippen MR) is 128 cm³/mol. The number of thioether (sulfide) groups is 1. The lowest BCUT2D eigenvalue weighted by atomic mass is 10.0. The SMILES string of the molecule is CSc1nnc(CCCN=C(N)NC(C)CCCC(C)C)n1CC(C)C.I. The van der Waals surface area contributed by atoms with Gasteiger partial charge in [0.05, 0.1) is 0 Å². The average molecular weight is 511 g/mol. The molecule has 0 saturated carbocycles. The Morgan fingerprint density at radius 2 is 1.81 bits per heavy atom. The molecule has 3 N–H and O–H groups in total. The van der Waals surface area contributed by atoms with Crippen molar-refractivity contribution in [2.75, 3.05) is 12.8 Å². The van der Waals surface area contributed by atoms with Crippen molar-refractivity contribution < 1.29 is 0 Å². The minimum atomic E-state index is 0. The zero-order valence-electron chi connectivity index (χ0n) is 17.9. The lowest BCUT2D eigenvalue weighted by molar-refractivity contribution is 0.477. The lowest BCUT2D eigenvalue weighted by Gasteiger charge is -2.15. The maximum absolute atomic E-state index is 6.01. The Bertz CT molecular complexity index is 544. The van der Waals surface area contributed by atoms with E-state index in [2.05, 4.69) is 59.7 Å². The quantitative estimate of drug-likeness (QED) is 0.144. The van der Waals surface area contributed by atoms with Gasteiger partial charge in [-0.2, -0.15) is 0 Å². The van der Waals surface area contributed by atoms with E-state index in [0.717, 1.165) is 42.7 Å². The molecule has 0 spiro atoms. The summed E-state index contributed by atoms with van der Waals surface area (Å²) in [5.74, 6) is 2.94. The Morgan fingerprint density at radius 1 is 1.11 bits per heavy atom. The standard InChI is InChI=1S/C19H38N6S.HI/c1-14(2)9-7-10-16(5)22-18(20)21-12-8-11-17-23-24-19(26-6)25(17)13-15(3)4;/h14-16H,7-13H2,1-6H3,(H3,20,21,22);1H. The van der Waals surface area contributed by atoms with Gasteiger partial charge in [-0.05, 0) is 37.9 Å². The van der Waals surface area contributed by atoms with Gasteiger partial charge in [-0.25, -0.2) is 0 Å². The number of halogens is 1. The van der Waals surface area contributed by atoms with E-state index >= 15 is 0 Å². The number of hydrogen-bond acceptors (Lipinski definition) is 4. The Kier molecular flexibility index (Phi) is 14.2. The minimum Gasteiger partial charge on any atom is -0.370 e. The third-order valence-electron chi connectivity index (χ3n) is 4.18. The highest BCUT2D eigenvalue weighted by Gasteiger charge is 2.12. The molecule has 0 aliphatic rings. The number of nitrogens with one attached hydrogen (secondary N) is 1. The van der Waals surface area contributed by atoms with E-state index in [4.69, 9.17) is 5.73 Å². The fourth-order valence-corrected chi connectivity index (χ4v) is 3.37. The first-order valence-electron chi connectivity index (χ1n) is 9.86. The van der Waals surface area contributed by atoms with E-state index in [1.54, 1.807) is 11.8 Å². The second-order valence-corrected chi connectivity index (χ2v) is 8.62. The summed E-state index contributed by atoms with van der Waals surface area (Å²) >= 11 is 1.65. The molecular weight excluding hydrogens is 471 g/mol. The van der Waals surface area contributed by atoms with Gasteiger partial charge in [-0.3, -0.25) is 4.99 Å².